The number of aryl methyl sites for hydroxylation is 1. The van der Waals surface area contributed by atoms with Gasteiger partial charge < -0.3 is 14.4 Å². The van der Waals surface area contributed by atoms with Crippen molar-refractivity contribution in [1.29, 1.82) is 5.26 Å². The number of esters is 1. The summed E-state index contributed by atoms with van der Waals surface area (Å²) in [6.45, 7) is 4.01. The minimum Gasteiger partial charge on any atom is -0.462 e. The highest BCUT2D eigenvalue weighted by Gasteiger charge is 2.30. The molecule has 0 saturated carbocycles. The van der Waals surface area contributed by atoms with Crippen LogP contribution in [0.3, 0.4) is 0 Å². The second-order valence-electron chi connectivity index (χ2n) is 8.86. The van der Waals surface area contributed by atoms with Gasteiger partial charge in [0, 0.05) is 25.4 Å². The van der Waals surface area contributed by atoms with Crippen LogP contribution in [0.1, 0.15) is 60.3 Å². The van der Waals surface area contributed by atoms with Crippen LogP contribution in [0.4, 0.5) is 5.82 Å². The Morgan fingerprint density at radius 2 is 1.86 bits per heavy atom. The van der Waals surface area contributed by atoms with Gasteiger partial charge in [-0.15, -0.1) is 0 Å². The number of aromatic nitrogens is 1. The maximum absolute atomic E-state index is 12.7. The first-order valence-corrected chi connectivity index (χ1v) is 13.7. The summed E-state index contributed by atoms with van der Waals surface area (Å²) in [5, 5.41) is 9.73. The quantitative estimate of drug-likeness (QED) is 0.461. The van der Waals surface area contributed by atoms with Crippen molar-refractivity contribution < 1.29 is 27.5 Å². The first-order valence-electron chi connectivity index (χ1n) is 12.1. The van der Waals surface area contributed by atoms with Crippen molar-refractivity contribution >= 4 is 33.5 Å². The number of Topliss-reactive ketones (excluding diaryl/α,β-unsaturated/α-hetero) is 1. The number of carbonyl (C=O) groups is 3. The number of nitrogens with one attached hydrogen (secondary N) is 1. The normalized spacial score (nSPS) is 14.0. The molecule has 1 saturated heterocycles. The number of ketones is 1. The molecule has 1 aliphatic heterocycles. The minimum absolute atomic E-state index is 0.0587. The van der Waals surface area contributed by atoms with Gasteiger partial charge in [0.25, 0.3) is 0 Å². The highest BCUT2D eigenvalue weighted by atomic mass is 32.2. The van der Waals surface area contributed by atoms with Gasteiger partial charge in [0.15, 0.2) is 0 Å². The minimum atomic E-state index is -3.84. The third-order valence-corrected chi connectivity index (χ3v) is 7.26. The van der Waals surface area contributed by atoms with E-state index in [9.17, 15) is 28.1 Å². The zero-order chi connectivity index (χ0) is 27.0. The monoisotopic (exact) mass is 526 g/mol. The fourth-order valence-electron chi connectivity index (χ4n) is 4.15. The van der Waals surface area contributed by atoms with Crippen LogP contribution in [0.15, 0.2) is 36.4 Å². The standard InChI is InChI=1S/C26H30N4O6S/c1-3-36-26(33)22-15-21(16-27)24(28-23(22)10-9-18(2)31)30-13-11-20(12-14-30)25(32)29-37(34,35)17-19-7-5-4-6-8-19/h4-8,15,20H,3,9-14,17H2,1-2H3,(H,29,32). The van der Waals surface area contributed by atoms with Gasteiger partial charge in [-0.2, -0.15) is 5.26 Å². The molecule has 0 bridgehead atoms. The second kappa shape index (κ2) is 12.5. The highest BCUT2D eigenvalue weighted by molar-refractivity contribution is 7.89. The second-order valence-corrected chi connectivity index (χ2v) is 10.6. The predicted octanol–water partition coefficient (Wildman–Crippen LogP) is 2.51. The molecule has 0 atom stereocenters. The molecule has 3 rings (SSSR count). The summed E-state index contributed by atoms with van der Waals surface area (Å²) >= 11 is 0. The first kappa shape index (κ1) is 27.8. The van der Waals surface area contributed by atoms with E-state index >= 15 is 0 Å². The molecule has 1 aromatic carbocycles. The van der Waals surface area contributed by atoms with Crippen molar-refractivity contribution in [1.82, 2.24) is 9.71 Å². The Labute approximate surface area is 216 Å². The lowest BCUT2D eigenvalue weighted by atomic mass is 9.96. The van der Waals surface area contributed by atoms with E-state index in [1.807, 2.05) is 4.90 Å². The van der Waals surface area contributed by atoms with Gasteiger partial charge in [-0.25, -0.2) is 18.2 Å². The molecule has 0 unspecified atom stereocenters. The van der Waals surface area contributed by atoms with Crippen LogP contribution in [0, 0.1) is 17.2 Å². The van der Waals surface area contributed by atoms with E-state index in [0.717, 1.165) is 0 Å². The van der Waals surface area contributed by atoms with E-state index in [0.29, 0.717) is 43.0 Å². The largest absolute Gasteiger partial charge is 0.462 e. The maximum atomic E-state index is 12.7. The molecule has 1 aromatic heterocycles. The smallest absolute Gasteiger partial charge is 0.340 e. The lowest BCUT2D eigenvalue weighted by molar-refractivity contribution is -0.123. The Morgan fingerprint density at radius 3 is 2.46 bits per heavy atom. The number of ether oxygens (including phenoxy) is 1. The van der Waals surface area contributed by atoms with E-state index in [1.165, 1.54) is 13.0 Å². The molecule has 37 heavy (non-hydrogen) atoms. The van der Waals surface area contributed by atoms with Crippen molar-refractivity contribution in [2.24, 2.45) is 5.92 Å². The predicted molar refractivity (Wildman–Crippen MR) is 136 cm³/mol. The molecule has 1 amide bonds. The van der Waals surface area contributed by atoms with Gasteiger partial charge in [-0.1, -0.05) is 30.3 Å². The molecule has 11 heteroatoms. The fraction of sp³-hybridized carbons (Fsp3) is 0.423. The van der Waals surface area contributed by atoms with Crippen LogP contribution in [0.5, 0.6) is 0 Å². The summed E-state index contributed by atoms with van der Waals surface area (Å²) in [6, 6.07) is 12.1. The zero-order valence-electron chi connectivity index (χ0n) is 20.9. The van der Waals surface area contributed by atoms with Gasteiger partial charge in [-0.05, 0) is 44.7 Å². The summed E-state index contributed by atoms with van der Waals surface area (Å²) in [4.78, 5) is 43.1. The molecule has 196 valence electrons. The number of piperidine rings is 1. The number of nitriles is 1. The Morgan fingerprint density at radius 1 is 1.19 bits per heavy atom. The molecule has 0 spiro atoms. The van der Waals surface area contributed by atoms with Crippen molar-refractivity contribution in [2.45, 2.75) is 45.3 Å². The number of rotatable bonds is 10. The van der Waals surface area contributed by atoms with Crippen LogP contribution < -0.4 is 9.62 Å². The Bertz CT molecular complexity index is 1300. The molecule has 1 N–H and O–H groups in total. The Hall–Kier alpha value is -3.78. The van der Waals surface area contributed by atoms with Crippen LogP contribution in [-0.2, 0) is 36.5 Å². The summed E-state index contributed by atoms with van der Waals surface area (Å²) in [7, 11) is -3.84. The average Bonchev–Trinajstić information content (AvgIpc) is 2.87. The molecule has 1 aliphatic rings. The summed E-state index contributed by atoms with van der Waals surface area (Å²) in [6.07, 6.45) is 1.13. The van der Waals surface area contributed by atoms with Gasteiger partial charge in [0.05, 0.1) is 29.2 Å². The van der Waals surface area contributed by atoms with E-state index in [-0.39, 0.29) is 42.1 Å². The molecule has 2 aromatic rings. The van der Waals surface area contributed by atoms with Crippen molar-refractivity contribution in [3.05, 3.63) is 58.8 Å². The fourth-order valence-corrected chi connectivity index (χ4v) is 5.33. The molecular weight excluding hydrogens is 496 g/mol. The Balaban J connectivity index is 1.72. The van der Waals surface area contributed by atoms with Crippen molar-refractivity contribution in [3.63, 3.8) is 0 Å². The molecular formula is C26H30N4O6S. The number of pyridine rings is 1. The summed E-state index contributed by atoms with van der Waals surface area (Å²) < 4.78 is 32.2. The van der Waals surface area contributed by atoms with Gasteiger partial charge in [0.1, 0.15) is 17.7 Å². The maximum Gasteiger partial charge on any atom is 0.340 e. The van der Waals surface area contributed by atoms with Crippen LogP contribution in [-0.4, -0.2) is 50.8 Å². The summed E-state index contributed by atoms with van der Waals surface area (Å²) in [5.74, 6) is -1.65. The SMILES string of the molecule is CCOC(=O)c1cc(C#N)c(N2CCC(C(=O)NS(=O)(=O)Cc3ccccc3)CC2)nc1CCC(C)=O. The number of carbonyl (C=O) groups excluding carboxylic acids is 3. The lowest BCUT2D eigenvalue weighted by Gasteiger charge is -2.33. The van der Waals surface area contributed by atoms with Crippen LogP contribution in [0.25, 0.3) is 0 Å². The number of hydrogen-bond acceptors (Lipinski definition) is 9. The number of sulfonamides is 1. The van der Waals surface area contributed by atoms with E-state index in [4.69, 9.17) is 4.74 Å². The first-order chi connectivity index (χ1) is 17.6. The van der Waals surface area contributed by atoms with Crippen molar-refractivity contribution in [3.8, 4) is 6.07 Å². The zero-order valence-corrected chi connectivity index (χ0v) is 21.7. The van der Waals surface area contributed by atoms with E-state index < -0.39 is 27.8 Å². The third-order valence-electron chi connectivity index (χ3n) is 6.03. The van der Waals surface area contributed by atoms with Gasteiger partial charge in [-0.3, -0.25) is 9.52 Å². The molecule has 2 heterocycles. The van der Waals surface area contributed by atoms with E-state index in [2.05, 4.69) is 15.8 Å². The van der Waals surface area contributed by atoms with Crippen LogP contribution >= 0.6 is 0 Å². The van der Waals surface area contributed by atoms with Crippen LogP contribution in [0.2, 0.25) is 0 Å². The lowest BCUT2D eigenvalue weighted by Crippen LogP contribution is -2.43. The number of hydrogen-bond donors (Lipinski definition) is 1. The van der Waals surface area contributed by atoms with Crippen molar-refractivity contribution in [2.75, 3.05) is 24.6 Å². The topological polar surface area (TPSA) is 147 Å². The third kappa shape index (κ3) is 7.60. The number of benzene rings is 1. The highest BCUT2D eigenvalue weighted by Crippen LogP contribution is 2.28. The summed E-state index contributed by atoms with van der Waals surface area (Å²) in [5.41, 5.74) is 1.29. The number of amides is 1. The molecule has 0 radical (unpaired) electrons. The number of anilines is 1. The molecule has 10 nitrogen and oxygen atoms in total. The Kier molecular flexibility index (Phi) is 9.36. The molecule has 0 aliphatic carbocycles. The van der Waals surface area contributed by atoms with Gasteiger partial charge >= 0.3 is 5.97 Å². The van der Waals surface area contributed by atoms with Gasteiger partial charge in [0.2, 0.25) is 15.9 Å². The number of nitrogens with zero attached hydrogens (tertiary/aromatic N) is 3. The molecule has 1 fully saturated rings. The van der Waals surface area contributed by atoms with E-state index in [1.54, 1.807) is 37.3 Å². The average molecular weight is 527 g/mol.